The molecule has 0 bridgehead atoms. The van der Waals surface area contributed by atoms with Gasteiger partial charge in [0.15, 0.2) is 0 Å². The summed E-state index contributed by atoms with van der Waals surface area (Å²) in [7, 11) is 1.30. The summed E-state index contributed by atoms with van der Waals surface area (Å²) >= 11 is 0. The van der Waals surface area contributed by atoms with Gasteiger partial charge in [0.1, 0.15) is 13.2 Å². The number of carbonyl (C=O) groups excluding carboxylic acids is 1. The Hall–Kier alpha value is -1.02. The van der Waals surface area contributed by atoms with Crippen molar-refractivity contribution in [2.45, 2.75) is 212 Å². The van der Waals surface area contributed by atoms with E-state index in [9.17, 15) is 19.4 Å². The van der Waals surface area contributed by atoms with Crippen LogP contribution in [0, 0.1) is 0 Å². The van der Waals surface area contributed by atoms with Crippen LogP contribution in [0.1, 0.15) is 200 Å². The molecule has 9 heteroatoms. The lowest BCUT2D eigenvalue weighted by Crippen LogP contribution is -2.46. The highest BCUT2D eigenvalue weighted by Crippen LogP contribution is 2.38. The molecule has 0 aromatic rings. The van der Waals surface area contributed by atoms with E-state index in [0.717, 1.165) is 64.2 Å². The zero-order chi connectivity index (χ0) is 39.3. The molecule has 8 nitrogen and oxygen atoms in total. The minimum absolute atomic E-state index is 0.00979. The van der Waals surface area contributed by atoms with Gasteiger partial charge < -0.3 is 28.8 Å². The Bertz CT molecular complexity index is 922. The predicted molar refractivity (Wildman–Crippen MR) is 224 cm³/mol. The molecule has 0 aliphatic carbocycles. The number of nitrogens with one attached hydrogen (secondary N) is 1. The molecule has 0 rings (SSSR count). The number of amides is 1. The number of likely N-dealkylation sites (N-methyl/N-ethyl adjacent to an activating group) is 1. The smallest absolute Gasteiger partial charge is 0.268 e. The molecule has 0 spiro atoms. The molecule has 0 aromatic carbocycles. The van der Waals surface area contributed by atoms with E-state index in [1.165, 1.54) is 109 Å². The molecule has 0 fully saturated rings. The second-order valence-corrected chi connectivity index (χ2v) is 17.8. The molecular weight excluding hydrogens is 683 g/mol. The Balaban J connectivity index is 4.40. The number of rotatable bonds is 40. The summed E-state index contributed by atoms with van der Waals surface area (Å²) < 4.78 is 23.2. The minimum atomic E-state index is -4.56. The van der Waals surface area contributed by atoms with E-state index in [4.69, 9.17) is 9.05 Å². The van der Waals surface area contributed by atoms with Gasteiger partial charge in [-0.1, -0.05) is 173 Å². The highest BCUT2D eigenvalue weighted by atomic mass is 31.2. The van der Waals surface area contributed by atoms with Crippen molar-refractivity contribution in [1.29, 1.82) is 0 Å². The molecule has 3 atom stereocenters. The second-order valence-electron chi connectivity index (χ2n) is 16.4. The van der Waals surface area contributed by atoms with Crippen LogP contribution in [0.5, 0.6) is 0 Å². The lowest BCUT2D eigenvalue weighted by atomic mass is 10.0. The first-order valence-electron chi connectivity index (χ1n) is 22.2. The van der Waals surface area contributed by atoms with Crippen LogP contribution in [-0.4, -0.2) is 68.5 Å². The van der Waals surface area contributed by atoms with Gasteiger partial charge in [-0.05, 0) is 44.9 Å². The maximum absolute atomic E-state index is 12.9. The van der Waals surface area contributed by atoms with Gasteiger partial charge in [-0.2, -0.15) is 0 Å². The van der Waals surface area contributed by atoms with Crippen LogP contribution in [0.2, 0.25) is 0 Å². The van der Waals surface area contributed by atoms with E-state index < -0.39 is 20.0 Å². The molecule has 3 unspecified atom stereocenters. The molecule has 0 radical (unpaired) electrons. The SMILES string of the molecule is CCCCCC/C=C\C/C=C\CCCCCCCC(=O)NC(COP(=O)([O-])OCC[N+](C)(C)C)C(O)CCCCCCCCCCCCCCCCC. The van der Waals surface area contributed by atoms with Crippen molar-refractivity contribution in [2.24, 2.45) is 0 Å². The van der Waals surface area contributed by atoms with Crippen LogP contribution in [0.3, 0.4) is 0 Å². The van der Waals surface area contributed by atoms with E-state index in [1.807, 2.05) is 21.1 Å². The third-order valence-corrected chi connectivity index (χ3v) is 10.9. The van der Waals surface area contributed by atoms with Crippen LogP contribution >= 0.6 is 7.82 Å². The first-order chi connectivity index (χ1) is 25.5. The summed E-state index contributed by atoms with van der Waals surface area (Å²) in [6, 6.07) is -0.805. The topological polar surface area (TPSA) is 108 Å². The minimum Gasteiger partial charge on any atom is -0.756 e. The second kappa shape index (κ2) is 36.6. The van der Waals surface area contributed by atoms with Gasteiger partial charge in [-0.3, -0.25) is 9.36 Å². The molecule has 2 N–H and O–H groups in total. The number of hydrogen-bond acceptors (Lipinski definition) is 6. The van der Waals surface area contributed by atoms with Crippen molar-refractivity contribution >= 4 is 13.7 Å². The number of aliphatic hydroxyl groups is 1. The van der Waals surface area contributed by atoms with Crippen LogP contribution in [-0.2, 0) is 18.4 Å². The highest BCUT2D eigenvalue weighted by molar-refractivity contribution is 7.45. The Kier molecular flexibility index (Phi) is 35.9. The summed E-state index contributed by atoms with van der Waals surface area (Å²) in [6.07, 6.45) is 41.7. The fourth-order valence-electron chi connectivity index (χ4n) is 6.36. The molecule has 0 aliphatic rings. The lowest BCUT2D eigenvalue weighted by Gasteiger charge is -2.30. The van der Waals surface area contributed by atoms with Crippen LogP contribution in [0.15, 0.2) is 24.3 Å². The zero-order valence-electron chi connectivity index (χ0n) is 35.5. The molecule has 0 saturated heterocycles. The monoisotopic (exact) mass is 771 g/mol. The van der Waals surface area contributed by atoms with Crippen molar-refractivity contribution in [3.8, 4) is 0 Å². The first-order valence-corrected chi connectivity index (χ1v) is 23.6. The zero-order valence-corrected chi connectivity index (χ0v) is 36.4. The van der Waals surface area contributed by atoms with Gasteiger partial charge in [0.25, 0.3) is 7.82 Å². The van der Waals surface area contributed by atoms with Gasteiger partial charge in [0.2, 0.25) is 5.91 Å². The third-order valence-electron chi connectivity index (χ3n) is 9.94. The number of quaternary nitrogens is 1. The van der Waals surface area contributed by atoms with Gasteiger partial charge in [0.05, 0.1) is 39.9 Å². The molecule has 314 valence electrons. The largest absolute Gasteiger partial charge is 0.756 e. The predicted octanol–water partition coefficient (Wildman–Crippen LogP) is 11.5. The molecule has 0 aliphatic heterocycles. The van der Waals surface area contributed by atoms with Crippen molar-refractivity contribution in [1.82, 2.24) is 5.32 Å². The number of phosphoric acid groups is 1. The average Bonchev–Trinajstić information content (AvgIpc) is 3.10. The van der Waals surface area contributed by atoms with Crippen LogP contribution in [0.4, 0.5) is 0 Å². The van der Waals surface area contributed by atoms with E-state index in [2.05, 4.69) is 43.5 Å². The average molecular weight is 771 g/mol. The van der Waals surface area contributed by atoms with E-state index in [-0.39, 0.29) is 19.1 Å². The quantitative estimate of drug-likeness (QED) is 0.0278. The number of aliphatic hydroxyl groups excluding tert-OH is 1. The summed E-state index contributed by atoms with van der Waals surface area (Å²) in [6.45, 7) is 4.69. The normalized spacial score (nSPS) is 14.6. The Morgan fingerprint density at radius 1 is 0.660 bits per heavy atom. The standard InChI is InChI=1S/C44H87N2O6P/c1-6-8-10-12-14-16-18-20-22-24-26-28-30-32-34-36-38-44(48)45-42(41-52-53(49,50)51-40-39-46(3,4)5)43(47)37-35-33-31-29-27-25-23-21-19-17-15-13-11-9-7-2/h16,18,22,24,42-43,47H,6-15,17,19-21,23,25-41H2,1-5H3,(H-,45,48,49,50)/b18-16-,24-22-. The van der Waals surface area contributed by atoms with Crippen molar-refractivity contribution < 1.29 is 32.9 Å². The summed E-state index contributed by atoms with van der Waals surface area (Å²) in [5.74, 6) is -0.179. The number of carbonyl (C=O) groups is 1. The molecular formula is C44H87N2O6P. The maximum atomic E-state index is 12.9. The lowest BCUT2D eigenvalue weighted by molar-refractivity contribution is -0.870. The Labute approximate surface area is 328 Å². The number of hydrogen-bond donors (Lipinski definition) is 2. The maximum Gasteiger partial charge on any atom is 0.268 e. The third kappa shape index (κ3) is 39.0. The van der Waals surface area contributed by atoms with Gasteiger partial charge >= 0.3 is 0 Å². The van der Waals surface area contributed by atoms with Gasteiger partial charge in [0, 0.05) is 6.42 Å². The first kappa shape index (κ1) is 52.0. The highest BCUT2D eigenvalue weighted by Gasteiger charge is 2.24. The summed E-state index contributed by atoms with van der Waals surface area (Å²) in [5.41, 5.74) is 0. The fourth-order valence-corrected chi connectivity index (χ4v) is 7.09. The Morgan fingerprint density at radius 3 is 1.58 bits per heavy atom. The Morgan fingerprint density at radius 2 is 1.09 bits per heavy atom. The van der Waals surface area contributed by atoms with E-state index in [1.54, 1.807) is 0 Å². The fraction of sp³-hybridized carbons (Fsp3) is 0.886. The number of nitrogens with zero attached hydrogens (tertiary/aromatic N) is 1. The molecule has 0 aromatic heterocycles. The summed E-state index contributed by atoms with van der Waals surface area (Å²) in [4.78, 5) is 25.3. The molecule has 0 heterocycles. The number of unbranched alkanes of at least 4 members (excludes halogenated alkanes) is 23. The molecule has 53 heavy (non-hydrogen) atoms. The molecule has 1 amide bonds. The van der Waals surface area contributed by atoms with E-state index in [0.29, 0.717) is 23.9 Å². The number of allylic oxidation sites excluding steroid dienone is 4. The van der Waals surface area contributed by atoms with Crippen molar-refractivity contribution in [3.63, 3.8) is 0 Å². The van der Waals surface area contributed by atoms with Gasteiger partial charge in [-0.25, -0.2) is 0 Å². The van der Waals surface area contributed by atoms with Gasteiger partial charge in [-0.15, -0.1) is 0 Å². The van der Waals surface area contributed by atoms with Crippen LogP contribution in [0.25, 0.3) is 0 Å². The summed E-state index contributed by atoms with van der Waals surface area (Å²) in [5, 5.41) is 13.9. The molecule has 0 saturated carbocycles. The van der Waals surface area contributed by atoms with Crippen molar-refractivity contribution in [2.75, 3.05) is 40.9 Å². The number of phosphoric ester groups is 1. The van der Waals surface area contributed by atoms with Crippen molar-refractivity contribution in [3.05, 3.63) is 24.3 Å². The van der Waals surface area contributed by atoms with E-state index >= 15 is 0 Å². The van der Waals surface area contributed by atoms with Crippen LogP contribution < -0.4 is 10.2 Å².